The van der Waals surface area contributed by atoms with Gasteiger partial charge in [0.2, 0.25) is 20.0 Å². The van der Waals surface area contributed by atoms with Gasteiger partial charge in [0.05, 0.1) is 12.0 Å². The monoisotopic (exact) mass is 328 g/mol. The predicted octanol–water partition coefficient (Wildman–Crippen LogP) is -0.805. The van der Waals surface area contributed by atoms with E-state index in [4.69, 9.17) is 5.11 Å². The molecule has 0 aromatic rings. The molecule has 1 aliphatic rings. The van der Waals surface area contributed by atoms with E-state index in [2.05, 4.69) is 4.72 Å². The summed E-state index contributed by atoms with van der Waals surface area (Å²) >= 11 is 0. The fourth-order valence-corrected chi connectivity index (χ4v) is 4.51. The Hall–Kier alpha value is -0.710. The third-order valence-electron chi connectivity index (χ3n) is 2.95. The van der Waals surface area contributed by atoms with Crippen molar-refractivity contribution in [2.75, 3.05) is 25.1 Å². The predicted molar refractivity (Wildman–Crippen MR) is 73.2 cm³/mol. The van der Waals surface area contributed by atoms with Crippen LogP contribution >= 0.6 is 0 Å². The smallest absolute Gasteiger partial charge is 0.303 e. The van der Waals surface area contributed by atoms with Gasteiger partial charge in [-0.25, -0.2) is 25.9 Å². The Labute approximate surface area is 119 Å². The van der Waals surface area contributed by atoms with Gasteiger partial charge >= 0.3 is 5.97 Å². The molecular weight excluding hydrogens is 308 g/mol. The van der Waals surface area contributed by atoms with Crippen LogP contribution in [0.4, 0.5) is 0 Å². The molecule has 0 aromatic carbocycles. The number of sulfonamides is 2. The molecule has 0 saturated carbocycles. The van der Waals surface area contributed by atoms with E-state index < -0.39 is 32.1 Å². The van der Waals surface area contributed by atoms with Crippen molar-refractivity contribution >= 4 is 26.0 Å². The fraction of sp³-hybridized carbons (Fsp3) is 0.900. The standard InChI is InChI=1S/C10H20N2O6S2/c1-19(15,16)11-9-4-2-6-12(8-9)20(17,18)7-3-5-10(13)14/h9,11H,2-8H2,1H3,(H,13,14). The molecule has 0 radical (unpaired) electrons. The van der Waals surface area contributed by atoms with Crippen molar-refractivity contribution in [3.63, 3.8) is 0 Å². The lowest BCUT2D eigenvalue weighted by Gasteiger charge is -2.31. The SMILES string of the molecule is CS(=O)(=O)NC1CCCN(S(=O)(=O)CCCC(=O)O)C1. The summed E-state index contributed by atoms with van der Waals surface area (Å²) in [6.45, 7) is 0.444. The number of piperidine rings is 1. The number of aliphatic carboxylic acids is 1. The zero-order valence-corrected chi connectivity index (χ0v) is 12.9. The molecule has 1 rings (SSSR count). The summed E-state index contributed by atoms with van der Waals surface area (Å²) in [5.74, 6) is -1.26. The van der Waals surface area contributed by atoms with E-state index in [-0.39, 0.29) is 25.1 Å². The second kappa shape index (κ2) is 6.83. The average Bonchev–Trinajstić information content (AvgIpc) is 2.26. The first-order chi connectivity index (χ1) is 9.10. The van der Waals surface area contributed by atoms with E-state index in [0.29, 0.717) is 19.4 Å². The topological polar surface area (TPSA) is 121 Å². The van der Waals surface area contributed by atoms with Gasteiger partial charge in [0, 0.05) is 25.6 Å². The average molecular weight is 328 g/mol. The Morgan fingerprint density at radius 2 is 2.00 bits per heavy atom. The molecule has 0 aromatic heterocycles. The van der Waals surface area contributed by atoms with Crippen LogP contribution in [0.25, 0.3) is 0 Å². The van der Waals surface area contributed by atoms with Gasteiger partial charge in [-0.2, -0.15) is 0 Å². The Kier molecular flexibility index (Phi) is 5.92. The highest BCUT2D eigenvalue weighted by atomic mass is 32.2. The van der Waals surface area contributed by atoms with E-state index in [0.717, 1.165) is 6.26 Å². The van der Waals surface area contributed by atoms with Crippen LogP contribution in [0.1, 0.15) is 25.7 Å². The van der Waals surface area contributed by atoms with Crippen LogP contribution in [0, 0.1) is 0 Å². The van der Waals surface area contributed by atoms with Crippen molar-refractivity contribution in [2.45, 2.75) is 31.7 Å². The number of carbonyl (C=O) groups is 1. The van der Waals surface area contributed by atoms with Crippen molar-refractivity contribution < 1.29 is 26.7 Å². The molecule has 0 aliphatic carbocycles. The van der Waals surface area contributed by atoms with Crippen LogP contribution in [0.2, 0.25) is 0 Å². The fourth-order valence-electron chi connectivity index (χ4n) is 2.13. The molecule has 1 heterocycles. The molecule has 1 saturated heterocycles. The summed E-state index contributed by atoms with van der Waals surface area (Å²) in [5.41, 5.74) is 0. The maximum absolute atomic E-state index is 12.0. The van der Waals surface area contributed by atoms with Crippen molar-refractivity contribution in [3.8, 4) is 0 Å². The maximum Gasteiger partial charge on any atom is 0.303 e. The van der Waals surface area contributed by atoms with E-state index in [9.17, 15) is 21.6 Å². The summed E-state index contributed by atoms with van der Waals surface area (Å²) in [7, 11) is -6.90. The zero-order valence-electron chi connectivity index (χ0n) is 11.3. The molecular formula is C10H20N2O6S2. The molecule has 0 spiro atoms. The van der Waals surface area contributed by atoms with Gasteiger partial charge in [0.1, 0.15) is 0 Å². The molecule has 20 heavy (non-hydrogen) atoms. The van der Waals surface area contributed by atoms with Crippen LogP contribution in [0.15, 0.2) is 0 Å². The van der Waals surface area contributed by atoms with Gasteiger partial charge in [0.25, 0.3) is 0 Å². The third-order valence-corrected chi connectivity index (χ3v) is 5.64. The molecule has 1 unspecified atom stereocenters. The summed E-state index contributed by atoms with van der Waals surface area (Å²) in [5, 5.41) is 8.51. The highest BCUT2D eigenvalue weighted by Crippen LogP contribution is 2.16. The maximum atomic E-state index is 12.0. The first-order valence-electron chi connectivity index (χ1n) is 6.27. The Morgan fingerprint density at radius 1 is 1.35 bits per heavy atom. The molecule has 1 aliphatic heterocycles. The molecule has 10 heteroatoms. The van der Waals surface area contributed by atoms with Crippen LogP contribution in [0.5, 0.6) is 0 Å². The van der Waals surface area contributed by atoms with Crippen molar-refractivity contribution in [1.82, 2.24) is 9.03 Å². The highest BCUT2D eigenvalue weighted by Gasteiger charge is 2.29. The number of hydrogen-bond donors (Lipinski definition) is 2. The second-order valence-corrected chi connectivity index (χ2v) is 8.77. The number of nitrogens with one attached hydrogen (secondary N) is 1. The molecule has 2 N–H and O–H groups in total. The lowest BCUT2D eigenvalue weighted by Crippen LogP contribution is -2.49. The molecule has 1 fully saturated rings. The van der Waals surface area contributed by atoms with Crippen molar-refractivity contribution in [1.29, 1.82) is 0 Å². The lowest BCUT2D eigenvalue weighted by molar-refractivity contribution is -0.137. The van der Waals surface area contributed by atoms with E-state index in [1.165, 1.54) is 4.31 Å². The Bertz CT molecular complexity index is 542. The number of carboxylic acids is 1. The van der Waals surface area contributed by atoms with Gasteiger partial charge in [-0.3, -0.25) is 4.79 Å². The van der Waals surface area contributed by atoms with E-state index in [1.807, 2.05) is 0 Å². The largest absolute Gasteiger partial charge is 0.481 e. The molecule has 118 valence electrons. The molecule has 8 nitrogen and oxygen atoms in total. The first kappa shape index (κ1) is 17.3. The van der Waals surface area contributed by atoms with Gasteiger partial charge in [-0.15, -0.1) is 0 Å². The van der Waals surface area contributed by atoms with Crippen molar-refractivity contribution in [3.05, 3.63) is 0 Å². The van der Waals surface area contributed by atoms with E-state index >= 15 is 0 Å². The van der Waals surface area contributed by atoms with Crippen LogP contribution in [0.3, 0.4) is 0 Å². The normalized spacial score (nSPS) is 21.8. The summed E-state index contributed by atoms with van der Waals surface area (Å²) in [6, 6.07) is -0.423. The number of nitrogens with zero attached hydrogens (tertiary/aromatic N) is 1. The minimum Gasteiger partial charge on any atom is -0.481 e. The third kappa shape index (κ3) is 6.16. The van der Waals surface area contributed by atoms with Crippen molar-refractivity contribution in [2.24, 2.45) is 0 Å². The highest BCUT2D eigenvalue weighted by molar-refractivity contribution is 7.89. The molecule has 1 atom stereocenters. The number of rotatable bonds is 7. The summed E-state index contributed by atoms with van der Waals surface area (Å²) < 4.78 is 50.0. The second-order valence-electron chi connectivity index (χ2n) is 4.90. The molecule has 0 amide bonds. The summed E-state index contributed by atoms with van der Waals surface area (Å²) in [6.07, 6.45) is 2.06. The number of hydrogen-bond acceptors (Lipinski definition) is 5. The summed E-state index contributed by atoms with van der Waals surface area (Å²) in [4.78, 5) is 10.4. The quantitative estimate of drug-likeness (QED) is 0.631. The van der Waals surface area contributed by atoms with Gasteiger partial charge < -0.3 is 5.11 Å². The lowest BCUT2D eigenvalue weighted by atomic mass is 10.1. The van der Waals surface area contributed by atoms with Crippen LogP contribution < -0.4 is 4.72 Å². The van der Waals surface area contributed by atoms with Crippen LogP contribution in [-0.4, -0.2) is 63.4 Å². The number of carboxylic acid groups (broad SMARTS) is 1. The zero-order chi connectivity index (χ0) is 15.4. The molecule has 0 bridgehead atoms. The minimum atomic E-state index is -3.53. The first-order valence-corrected chi connectivity index (χ1v) is 9.77. The van der Waals surface area contributed by atoms with Gasteiger partial charge in [-0.1, -0.05) is 0 Å². The van der Waals surface area contributed by atoms with Gasteiger partial charge in [-0.05, 0) is 19.3 Å². The Morgan fingerprint density at radius 3 is 2.55 bits per heavy atom. The minimum absolute atomic E-state index is 0.0539. The van der Waals surface area contributed by atoms with Gasteiger partial charge in [0.15, 0.2) is 0 Å². The van der Waals surface area contributed by atoms with Crippen LogP contribution in [-0.2, 0) is 24.8 Å². The van der Waals surface area contributed by atoms with E-state index in [1.54, 1.807) is 0 Å². The Balaban J connectivity index is 2.59.